The number of rotatable bonds is 10. The molecule has 0 aromatic carbocycles. The second-order valence-corrected chi connectivity index (χ2v) is 20.5. The summed E-state index contributed by atoms with van der Waals surface area (Å²) in [4.78, 5) is 17.2. The van der Waals surface area contributed by atoms with Gasteiger partial charge in [0.05, 0.1) is 48.4 Å². The molecule has 0 unspecified atom stereocenters. The van der Waals surface area contributed by atoms with Crippen molar-refractivity contribution in [3.8, 4) is 0 Å². The summed E-state index contributed by atoms with van der Waals surface area (Å²) < 4.78 is 12.0. The van der Waals surface area contributed by atoms with E-state index in [9.17, 15) is 0 Å². The highest BCUT2D eigenvalue weighted by molar-refractivity contribution is 5.08. The Labute approximate surface area is 600 Å². The monoisotopic (exact) mass is 1400 g/mol. The van der Waals surface area contributed by atoms with Gasteiger partial charge in [-0.2, -0.15) is 70.9 Å². The molecule has 0 saturated heterocycles. The number of nitrogens with zero attached hydrogens (tertiary/aromatic N) is 24. The van der Waals surface area contributed by atoms with Gasteiger partial charge in [0, 0.05) is 42.1 Å². The van der Waals surface area contributed by atoms with Crippen LogP contribution in [0.2, 0.25) is 0 Å². The number of aromatic amines is 5. The average Bonchev–Trinajstić information content (AvgIpc) is 1.84. The molecule has 0 aliphatic heterocycles. The Kier molecular flexibility index (Phi) is 88.2. The number of hydrogen-bond acceptors (Lipinski definition) is 20. The second kappa shape index (κ2) is 80.1. The third-order valence-corrected chi connectivity index (χ3v) is 10.1. The third kappa shape index (κ3) is 62.7. The lowest BCUT2D eigenvalue weighted by atomic mass is 10.1. The van der Waals surface area contributed by atoms with Crippen LogP contribution in [0.5, 0.6) is 0 Å². The molecule has 0 bridgehead atoms. The average molecular weight is 1400 g/mol. The second-order valence-electron chi connectivity index (χ2n) is 20.5. The number of aromatic nitrogens is 29. The van der Waals surface area contributed by atoms with Gasteiger partial charge in [0.25, 0.3) is 0 Å². The Morgan fingerprint density at radius 1 is 0.424 bits per heavy atom. The van der Waals surface area contributed by atoms with E-state index in [0.717, 1.165) is 34.4 Å². The van der Waals surface area contributed by atoms with Crippen molar-refractivity contribution in [3.05, 3.63) is 122 Å². The van der Waals surface area contributed by atoms with Gasteiger partial charge >= 0.3 is 6.33 Å². The normalized spacial score (nSPS) is 9.06. The van der Waals surface area contributed by atoms with Gasteiger partial charge in [-0.1, -0.05) is 209 Å². The van der Waals surface area contributed by atoms with Gasteiger partial charge in [0.15, 0.2) is 0 Å². The van der Waals surface area contributed by atoms with Crippen LogP contribution in [0.15, 0.2) is 92.4 Å². The molecule has 0 atom stereocenters. The lowest BCUT2D eigenvalue weighted by Crippen LogP contribution is -2.36. The minimum Gasteiger partial charge on any atom is -0.318 e. The molecule has 0 radical (unpaired) electrons. The van der Waals surface area contributed by atoms with E-state index >= 15 is 0 Å². The predicted octanol–water partition coefficient (Wildman–Crippen LogP) is 18.2. The number of nitrogens with one attached hydrogen (secondary N) is 5. The summed E-state index contributed by atoms with van der Waals surface area (Å²) in [5, 5.41) is 70.0. The molecule has 10 heterocycles. The molecule has 5 N–H and O–H groups in total. The molecule has 0 fully saturated rings. The maximum Gasteiger partial charge on any atom is 0.306 e. The Balaban J connectivity index is -0.000000127. The number of H-pyrrole nitrogens is 5. The van der Waals surface area contributed by atoms with Crippen molar-refractivity contribution in [3.63, 3.8) is 0 Å². The van der Waals surface area contributed by atoms with E-state index in [-0.39, 0.29) is 0 Å². The predicted molar refractivity (Wildman–Crippen MR) is 408 cm³/mol. The highest BCUT2D eigenvalue weighted by atomic mass is 16.6. The first kappa shape index (κ1) is 109. The summed E-state index contributed by atoms with van der Waals surface area (Å²) >= 11 is 0. The van der Waals surface area contributed by atoms with Crippen molar-refractivity contribution in [2.24, 2.45) is 0 Å². The molecule has 0 aliphatic rings. The topological polar surface area (TPSA) is 361 Å². The van der Waals surface area contributed by atoms with Crippen molar-refractivity contribution in [1.29, 1.82) is 0 Å². The van der Waals surface area contributed by atoms with Crippen molar-refractivity contribution in [2.45, 2.75) is 330 Å². The van der Waals surface area contributed by atoms with E-state index < -0.39 is 0 Å². The minimum absolute atomic E-state index is 0.380. The van der Waals surface area contributed by atoms with E-state index in [2.05, 4.69) is 252 Å². The lowest BCUT2D eigenvalue weighted by Gasteiger charge is -2.01. The third-order valence-electron chi connectivity index (χ3n) is 10.1. The summed E-state index contributed by atoms with van der Waals surface area (Å²) in [6, 6.07) is 2.20. The molecule has 0 aliphatic carbocycles. The SMILES string of the molecule is CC.CC.CC.CC.CC.CC.CC.CC.CC.CC(C)[n+]1cnc[nH]1.CC(C)c1cn[nH]n1.CC(C)c1cn[nH]n1.CC(C)c1ncn[nH]1.CC(C)c1ncn[nH]1.CC(C)n1ccnn1.CC(C)n1cncn1.CC(C)n1cnnc1.CC(C)n1nccn1.Cc1nonc1C(C)C. The lowest BCUT2D eigenvalue weighted by molar-refractivity contribution is -0.768. The van der Waals surface area contributed by atoms with E-state index in [0.29, 0.717) is 59.8 Å². The Hall–Kier alpha value is -8.60. The molecule has 572 valence electrons. The van der Waals surface area contributed by atoms with Gasteiger partial charge in [-0.15, -0.1) is 15.3 Å². The summed E-state index contributed by atoms with van der Waals surface area (Å²) in [7, 11) is 0. The molecule has 99 heavy (non-hydrogen) atoms. The highest BCUT2D eigenvalue weighted by Crippen LogP contribution is 2.13. The highest BCUT2D eigenvalue weighted by Gasteiger charge is 2.08. The van der Waals surface area contributed by atoms with Crippen molar-refractivity contribution in [1.82, 2.24) is 141 Å². The Morgan fingerprint density at radius 2 is 0.859 bits per heavy atom. The van der Waals surface area contributed by atoms with Crippen LogP contribution in [0.25, 0.3) is 0 Å². The van der Waals surface area contributed by atoms with Crippen molar-refractivity contribution < 1.29 is 9.31 Å². The van der Waals surface area contributed by atoms with E-state index in [4.69, 9.17) is 0 Å². The van der Waals surface area contributed by atoms with Crippen LogP contribution in [0.3, 0.4) is 0 Å². The molecule has 0 spiro atoms. The summed E-state index contributed by atoms with van der Waals surface area (Å²) in [6.07, 6.45) is 23.5. The molecule has 10 rings (SSSR count). The van der Waals surface area contributed by atoms with Crippen molar-refractivity contribution in [2.75, 3.05) is 0 Å². The first-order valence-corrected chi connectivity index (χ1v) is 36.0. The molecule has 10 aromatic heterocycles. The molecule has 0 saturated carbocycles. The molecule has 10 aromatic rings. The summed E-state index contributed by atoms with van der Waals surface area (Å²) in [5.74, 6) is 4.18. The summed E-state index contributed by atoms with van der Waals surface area (Å²) in [6.45, 7) is 79.3. The van der Waals surface area contributed by atoms with E-state index in [1.165, 1.54) is 12.7 Å². The standard InChI is InChI=1S/C6H10N2O.9C5H9N3.9C2H6/c1-4(2)6-5(3)7-9-8-6;1-5(2)8-3-6-7-4-8;2*1-5(2)8-4-6-3-7-8;1-5(2)8-4-3-6-7-8;1-5(2)8-6-3-4-7-8;2*1-4(2)5-6-3-7-8-5;2*1-4(2)5-3-6-8-7-5;9*1-2/h4H,1-3H3;5*3-5H,1-2H3;4*3-4H,1-2H3,(H,6,7,8);9*1-2H3/p+1. The fourth-order valence-electron chi connectivity index (χ4n) is 5.19. The first-order chi connectivity index (χ1) is 47.5. The van der Waals surface area contributed by atoms with Crippen LogP contribution < -0.4 is 4.68 Å². The zero-order valence-corrected chi connectivity index (χ0v) is 69.5. The quantitative estimate of drug-likeness (QED) is 0.0794. The fourth-order valence-corrected chi connectivity index (χ4v) is 5.19. The molecule has 0 amide bonds. The van der Waals surface area contributed by atoms with E-state index in [1.807, 2.05) is 161 Å². The van der Waals surface area contributed by atoms with Gasteiger partial charge in [-0.25, -0.2) is 19.6 Å². The van der Waals surface area contributed by atoms with Gasteiger partial charge < -0.3 is 4.57 Å². The number of hydrogen-bond donors (Lipinski definition) is 5. The maximum absolute atomic E-state index is 4.51. The minimum atomic E-state index is 0.380. The van der Waals surface area contributed by atoms with Crippen LogP contribution in [-0.2, 0) is 0 Å². The van der Waals surface area contributed by atoms with Crippen LogP contribution in [0.4, 0.5) is 0 Å². The molecule has 30 nitrogen and oxygen atoms in total. The Bertz CT molecular complexity index is 2240. The zero-order chi connectivity index (χ0) is 78.7. The Morgan fingerprint density at radius 3 is 1.02 bits per heavy atom. The van der Waals surface area contributed by atoms with Crippen LogP contribution >= 0.6 is 0 Å². The van der Waals surface area contributed by atoms with Gasteiger partial charge in [0.2, 0.25) is 6.33 Å². The smallest absolute Gasteiger partial charge is 0.306 e. The van der Waals surface area contributed by atoms with Crippen LogP contribution in [0.1, 0.15) is 357 Å². The van der Waals surface area contributed by atoms with Crippen LogP contribution in [-0.4, -0.2) is 141 Å². The largest absolute Gasteiger partial charge is 0.318 e. The molecular formula is C69H146N29O+. The number of aryl methyl sites for hydroxylation is 1. The summed E-state index contributed by atoms with van der Waals surface area (Å²) in [5.41, 5.74) is 3.88. The van der Waals surface area contributed by atoms with E-state index in [1.54, 1.807) is 83.1 Å². The zero-order valence-electron chi connectivity index (χ0n) is 69.5. The van der Waals surface area contributed by atoms with Gasteiger partial charge in [-0.3, -0.25) is 19.6 Å². The molecule has 30 heteroatoms. The van der Waals surface area contributed by atoms with Gasteiger partial charge in [-0.05, 0) is 93.0 Å². The first-order valence-electron chi connectivity index (χ1n) is 36.0. The van der Waals surface area contributed by atoms with Gasteiger partial charge in [0.1, 0.15) is 67.0 Å². The fraction of sp³-hybridized carbons (Fsp3) is 0.710. The molecular weight excluding hydrogens is 1250 g/mol. The van der Waals surface area contributed by atoms with Crippen LogP contribution in [0, 0.1) is 6.92 Å². The van der Waals surface area contributed by atoms with Crippen molar-refractivity contribution >= 4 is 0 Å². The maximum atomic E-state index is 4.51.